The Morgan fingerprint density at radius 1 is 1.30 bits per heavy atom. The Morgan fingerprint density at radius 2 is 1.95 bits per heavy atom. The first-order valence-corrected chi connectivity index (χ1v) is 7.42. The zero-order valence-corrected chi connectivity index (χ0v) is 12.7. The number of hydrogen-bond donors (Lipinski definition) is 2. The van der Waals surface area contributed by atoms with Crippen molar-refractivity contribution in [2.75, 3.05) is 13.2 Å². The molecule has 1 rings (SSSR count). The zero-order valence-electron chi connectivity index (χ0n) is 12.7. The Kier molecular flexibility index (Phi) is 7.13. The monoisotopic (exact) mass is 282 g/mol. The Labute approximate surface area is 121 Å². The molecule has 3 N–H and O–H groups in total. The molecule has 0 saturated carbocycles. The summed E-state index contributed by atoms with van der Waals surface area (Å²) in [5, 5.41) is 9.35. The maximum atomic E-state index is 13.5. The van der Waals surface area contributed by atoms with Crippen LogP contribution in [0.25, 0.3) is 0 Å². The fourth-order valence-electron chi connectivity index (χ4n) is 2.91. The lowest BCUT2D eigenvalue weighted by Crippen LogP contribution is -2.46. The molecule has 0 bridgehead atoms. The summed E-state index contributed by atoms with van der Waals surface area (Å²) < 4.78 is 13.5. The van der Waals surface area contributed by atoms with Crippen molar-refractivity contribution in [2.45, 2.75) is 51.7 Å². The third-order valence-corrected chi connectivity index (χ3v) is 3.82. The van der Waals surface area contributed by atoms with Gasteiger partial charge in [-0.15, -0.1) is 0 Å². The summed E-state index contributed by atoms with van der Waals surface area (Å²) in [5.74, 6) is -0.248. The van der Waals surface area contributed by atoms with Crippen LogP contribution in [0.5, 0.6) is 0 Å². The van der Waals surface area contributed by atoms with E-state index in [0.29, 0.717) is 12.6 Å². The molecule has 0 heterocycles. The average Bonchev–Trinajstić information content (AvgIpc) is 2.40. The molecule has 2 unspecified atom stereocenters. The van der Waals surface area contributed by atoms with Crippen LogP contribution in [-0.2, 0) is 0 Å². The molecule has 1 aromatic carbocycles. The predicted octanol–water partition coefficient (Wildman–Crippen LogP) is 2.70. The summed E-state index contributed by atoms with van der Waals surface area (Å²) in [5.41, 5.74) is 7.03. The standard InChI is InChI=1S/C16H27FN2O/c1-4-15(5-2)19(9-10-20)16(12(3)18)13-7-6-8-14(17)11-13/h6-8,11-12,15-16,20H,4-5,9-10,18H2,1-3H3. The zero-order chi connectivity index (χ0) is 15.1. The first-order chi connectivity index (χ1) is 9.54. The van der Waals surface area contributed by atoms with E-state index in [2.05, 4.69) is 18.7 Å². The normalized spacial score (nSPS) is 14.8. The minimum Gasteiger partial charge on any atom is -0.395 e. The van der Waals surface area contributed by atoms with E-state index in [1.165, 1.54) is 6.07 Å². The summed E-state index contributed by atoms with van der Waals surface area (Å²) in [6.45, 7) is 6.82. The van der Waals surface area contributed by atoms with Crippen LogP contribution in [0.15, 0.2) is 24.3 Å². The topological polar surface area (TPSA) is 49.5 Å². The van der Waals surface area contributed by atoms with Gasteiger partial charge >= 0.3 is 0 Å². The van der Waals surface area contributed by atoms with Gasteiger partial charge in [0.2, 0.25) is 0 Å². The highest BCUT2D eigenvalue weighted by atomic mass is 19.1. The third-order valence-electron chi connectivity index (χ3n) is 3.82. The lowest BCUT2D eigenvalue weighted by molar-refractivity contribution is 0.0851. The highest BCUT2D eigenvalue weighted by Crippen LogP contribution is 2.28. The van der Waals surface area contributed by atoms with E-state index in [9.17, 15) is 9.50 Å². The van der Waals surface area contributed by atoms with Crippen molar-refractivity contribution in [3.63, 3.8) is 0 Å². The number of nitrogens with zero attached hydrogens (tertiary/aromatic N) is 1. The highest BCUT2D eigenvalue weighted by molar-refractivity contribution is 5.22. The second-order valence-electron chi connectivity index (χ2n) is 5.29. The molecule has 0 saturated heterocycles. The van der Waals surface area contributed by atoms with Crippen molar-refractivity contribution in [3.05, 3.63) is 35.6 Å². The molecule has 0 aliphatic heterocycles. The first kappa shape index (κ1) is 17.1. The number of benzene rings is 1. The van der Waals surface area contributed by atoms with Crippen LogP contribution >= 0.6 is 0 Å². The molecular formula is C16H27FN2O. The van der Waals surface area contributed by atoms with Gasteiger partial charge in [0.1, 0.15) is 5.82 Å². The molecule has 2 atom stereocenters. The van der Waals surface area contributed by atoms with Crippen molar-refractivity contribution >= 4 is 0 Å². The van der Waals surface area contributed by atoms with E-state index >= 15 is 0 Å². The van der Waals surface area contributed by atoms with E-state index in [-0.39, 0.29) is 24.5 Å². The Balaban J connectivity index is 3.13. The highest BCUT2D eigenvalue weighted by Gasteiger charge is 2.28. The van der Waals surface area contributed by atoms with Crippen LogP contribution < -0.4 is 5.73 Å². The first-order valence-electron chi connectivity index (χ1n) is 7.42. The van der Waals surface area contributed by atoms with Gasteiger partial charge in [0.05, 0.1) is 12.6 Å². The van der Waals surface area contributed by atoms with Crippen molar-refractivity contribution in [2.24, 2.45) is 5.73 Å². The number of hydrogen-bond acceptors (Lipinski definition) is 3. The molecule has 20 heavy (non-hydrogen) atoms. The largest absolute Gasteiger partial charge is 0.395 e. The molecule has 3 nitrogen and oxygen atoms in total. The van der Waals surface area contributed by atoms with E-state index in [1.807, 2.05) is 13.0 Å². The Bertz CT molecular complexity index is 394. The summed E-state index contributed by atoms with van der Waals surface area (Å²) in [6, 6.07) is 6.72. The van der Waals surface area contributed by atoms with Gasteiger partial charge in [0, 0.05) is 18.6 Å². The number of rotatable bonds is 8. The summed E-state index contributed by atoms with van der Waals surface area (Å²) in [4.78, 5) is 2.21. The lowest BCUT2D eigenvalue weighted by atomic mass is 9.96. The fourth-order valence-corrected chi connectivity index (χ4v) is 2.91. The second kappa shape index (κ2) is 8.35. The van der Waals surface area contributed by atoms with Gasteiger partial charge in [-0.2, -0.15) is 0 Å². The summed E-state index contributed by atoms with van der Waals surface area (Å²) in [7, 11) is 0. The maximum absolute atomic E-state index is 13.5. The van der Waals surface area contributed by atoms with Gasteiger partial charge in [-0.3, -0.25) is 4.90 Å². The van der Waals surface area contributed by atoms with Gasteiger partial charge in [0.25, 0.3) is 0 Å². The summed E-state index contributed by atoms with van der Waals surface area (Å²) in [6.07, 6.45) is 1.96. The molecular weight excluding hydrogens is 255 g/mol. The third kappa shape index (κ3) is 4.27. The van der Waals surface area contributed by atoms with Gasteiger partial charge in [-0.25, -0.2) is 4.39 Å². The maximum Gasteiger partial charge on any atom is 0.123 e. The van der Waals surface area contributed by atoms with Crippen LogP contribution in [0.2, 0.25) is 0 Å². The Hall–Kier alpha value is -0.970. The van der Waals surface area contributed by atoms with Crippen molar-refractivity contribution in [1.29, 1.82) is 0 Å². The predicted molar refractivity (Wildman–Crippen MR) is 81.0 cm³/mol. The second-order valence-corrected chi connectivity index (χ2v) is 5.29. The lowest BCUT2D eigenvalue weighted by Gasteiger charge is -2.39. The van der Waals surface area contributed by atoms with Gasteiger partial charge in [-0.05, 0) is 37.5 Å². The fraction of sp³-hybridized carbons (Fsp3) is 0.625. The molecule has 0 aliphatic carbocycles. The molecule has 0 spiro atoms. The van der Waals surface area contributed by atoms with E-state index < -0.39 is 0 Å². The molecule has 0 aliphatic rings. The number of nitrogens with two attached hydrogens (primary N) is 1. The average molecular weight is 282 g/mol. The van der Waals surface area contributed by atoms with Crippen LogP contribution in [0, 0.1) is 5.82 Å². The van der Waals surface area contributed by atoms with Crippen molar-refractivity contribution in [3.8, 4) is 0 Å². The van der Waals surface area contributed by atoms with Gasteiger partial charge < -0.3 is 10.8 Å². The van der Waals surface area contributed by atoms with E-state index in [0.717, 1.165) is 18.4 Å². The van der Waals surface area contributed by atoms with Crippen LogP contribution in [0.3, 0.4) is 0 Å². The number of aliphatic hydroxyl groups is 1. The molecule has 0 radical (unpaired) electrons. The Morgan fingerprint density at radius 3 is 2.40 bits per heavy atom. The van der Waals surface area contributed by atoms with Crippen LogP contribution in [0.4, 0.5) is 4.39 Å². The van der Waals surface area contributed by atoms with Crippen molar-refractivity contribution in [1.82, 2.24) is 4.90 Å². The van der Waals surface area contributed by atoms with Crippen LogP contribution in [-0.4, -0.2) is 35.2 Å². The molecule has 114 valence electrons. The molecule has 0 amide bonds. The SMILES string of the molecule is CCC(CC)N(CCO)C(c1cccc(F)c1)C(C)N. The number of halogens is 1. The summed E-state index contributed by atoms with van der Waals surface area (Å²) >= 11 is 0. The minimum absolute atomic E-state index is 0.0784. The molecule has 1 aromatic rings. The number of aliphatic hydroxyl groups excluding tert-OH is 1. The van der Waals surface area contributed by atoms with Gasteiger partial charge in [0.15, 0.2) is 0 Å². The smallest absolute Gasteiger partial charge is 0.123 e. The van der Waals surface area contributed by atoms with Crippen molar-refractivity contribution < 1.29 is 9.50 Å². The molecule has 0 aromatic heterocycles. The molecule has 0 fully saturated rings. The van der Waals surface area contributed by atoms with E-state index in [4.69, 9.17) is 5.73 Å². The minimum atomic E-state index is -0.248. The van der Waals surface area contributed by atoms with E-state index in [1.54, 1.807) is 12.1 Å². The van der Waals surface area contributed by atoms with Gasteiger partial charge in [-0.1, -0.05) is 26.0 Å². The van der Waals surface area contributed by atoms with Crippen LogP contribution in [0.1, 0.15) is 45.2 Å². The molecule has 4 heteroatoms. The quantitative estimate of drug-likeness (QED) is 0.771.